The molecule has 0 unspecified atom stereocenters. The lowest BCUT2D eigenvalue weighted by atomic mass is 10.0. The predicted octanol–water partition coefficient (Wildman–Crippen LogP) is 4.66. The van der Waals surface area contributed by atoms with E-state index in [9.17, 15) is 22.8 Å². The van der Waals surface area contributed by atoms with Gasteiger partial charge in [0.05, 0.1) is 6.61 Å². The Balaban J connectivity index is 2.46. The maximum absolute atomic E-state index is 12.5. The van der Waals surface area contributed by atoms with E-state index in [1.807, 2.05) is 19.1 Å². The van der Waals surface area contributed by atoms with Crippen molar-refractivity contribution in [3.8, 4) is 11.1 Å². The third-order valence-corrected chi connectivity index (χ3v) is 4.32. The molecular weight excluding hydrogens is 355 g/mol. The minimum absolute atomic E-state index is 0.0650. The monoisotopic (exact) mass is 371 g/mol. The van der Waals surface area contributed by atoms with Crippen LogP contribution < -0.4 is 5.32 Å². The van der Waals surface area contributed by atoms with Gasteiger partial charge < -0.3 is 10.1 Å². The van der Waals surface area contributed by atoms with Crippen molar-refractivity contribution in [1.82, 2.24) is 0 Å². The molecule has 0 aliphatic rings. The fourth-order valence-electron chi connectivity index (χ4n) is 2.16. The number of anilines is 1. The van der Waals surface area contributed by atoms with Crippen LogP contribution in [0.3, 0.4) is 0 Å². The van der Waals surface area contributed by atoms with Crippen LogP contribution >= 0.6 is 11.3 Å². The summed E-state index contributed by atoms with van der Waals surface area (Å²) in [7, 11) is 0. The SMILES string of the molecule is CCOC(=O)c1c(-c2ccc(CC)cc2)csc1NC(=O)C(F)(F)F. The van der Waals surface area contributed by atoms with E-state index < -0.39 is 18.1 Å². The number of rotatable bonds is 5. The van der Waals surface area contributed by atoms with Crippen molar-refractivity contribution in [3.63, 3.8) is 0 Å². The van der Waals surface area contributed by atoms with Crippen molar-refractivity contribution in [2.75, 3.05) is 11.9 Å². The highest BCUT2D eigenvalue weighted by Gasteiger charge is 2.39. The Morgan fingerprint density at radius 3 is 2.32 bits per heavy atom. The zero-order valence-electron chi connectivity index (χ0n) is 13.6. The number of hydrogen-bond acceptors (Lipinski definition) is 4. The summed E-state index contributed by atoms with van der Waals surface area (Å²) in [5.41, 5.74) is 2.09. The molecule has 1 aromatic heterocycles. The summed E-state index contributed by atoms with van der Waals surface area (Å²) in [5, 5.41) is 3.10. The van der Waals surface area contributed by atoms with Crippen LogP contribution in [0.15, 0.2) is 29.6 Å². The van der Waals surface area contributed by atoms with Crippen LogP contribution in [-0.4, -0.2) is 24.7 Å². The number of ether oxygens (including phenoxy) is 1. The maximum Gasteiger partial charge on any atom is 0.471 e. The summed E-state index contributed by atoms with van der Waals surface area (Å²) in [6.07, 6.45) is -4.21. The Kier molecular flexibility index (Phi) is 5.84. The number of aryl methyl sites for hydroxylation is 1. The second-order valence-electron chi connectivity index (χ2n) is 5.08. The molecule has 2 rings (SSSR count). The molecule has 0 spiro atoms. The molecule has 0 radical (unpaired) electrons. The number of carbonyl (C=O) groups is 2. The molecule has 0 bridgehead atoms. The molecule has 0 aliphatic heterocycles. The van der Waals surface area contributed by atoms with Gasteiger partial charge in [0.2, 0.25) is 0 Å². The smallest absolute Gasteiger partial charge is 0.462 e. The van der Waals surface area contributed by atoms with Gasteiger partial charge in [-0.3, -0.25) is 4.79 Å². The van der Waals surface area contributed by atoms with Crippen LogP contribution in [0.2, 0.25) is 0 Å². The van der Waals surface area contributed by atoms with Crippen molar-refractivity contribution in [3.05, 3.63) is 40.8 Å². The van der Waals surface area contributed by atoms with E-state index in [1.54, 1.807) is 24.4 Å². The van der Waals surface area contributed by atoms with Gasteiger partial charge in [-0.05, 0) is 24.5 Å². The molecule has 4 nitrogen and oxygen atoms in total. The van der Waals surface area contributed by atoms with E-state index in [0.29, 0.717) is 11.1 Å². The van der Waals surface area contributed by atoms with Gasteiger partial charge in [0, 0.05) is 10.9 Å². The first-order chi connectivity index (χ1) is 11.8. The molecule has 25 heavy (non-hydrogen) atoms. The van der Waals surface area contributed by atoms with E-state index in [0.717, 1.165) is 23.3 Å². The van der Waals surface area contributed by atoms with E-state index in [2.05, 4.69) is 0 Å². The van der Waals surface area contributed by atoms with Crippen LogP contribution in [0.5, 0.6) is 0 Å². The largest absolute Gasteiger partial charge is 0.471 e. The highest BCUT2D eigenvalue weighted by atomic mass is 32.1. The Bertz CT molecular complexity index is 766. The molecule has 1 amide bonds. The summed E-state index contributed by atoms with van der Waals surface area (Å²) in [5.74, 6) is -2.91. The summed E-state index contributed by atoms with van der Waals surface area (Å²) < 4.78 is 42.5. The number of thiophene rings is 1. The van der Waals surface area contributed by atoms with Crippen LogP contribution in [0.25, 0.3) is 11.1 Å². The highest BCUT2D eigenvalue weighted by Crippen LogP contribution is 2.37. The molecule has 0 saturated carbocycles. The zero-order valence-corrected chi connectivity index (χ0v) is 14.4. The molecule has 1 N–H and O–H groups in total. The first-order valence-corrected chi connectivity index (χ1v) is 8.42. The average Bonchev–Trinajstić information content (AvgIpc) is 2.98. The molecule has 8 heteroatoms. The zero-order chi connectivity index (χ0) is 18.6. The highest BCUT2D eigenvalue weighted by molar-refractivity contribution is 7.15. The number of amides is 1. The quantitative estimate of drug-likeness (QED) is 0.778. The standard InChI is InChI=1S/C17H16F3NO3S/c1-3-10-5-7-11(8-6-10)12-9-25-14(13(12)15(22)24-4-2)21-16(23)17(18,19)20/h5-9H,3-4H2,1-2H3,(H,21,23). The molecular formula is C17H16F3NO3S. The first kappa shape index (κ1) is 19.0. The number of benzene rings is 1. The Hall–Kier alpha value is -2.35. The van der Waals surface area contributed by atoms with E-state index >= 15 is 0 Å². The molecule has 1 heterocycles. The van der Waals surface area contributed by atoms with Crippen molar-refractivity contribution in [2.45, 2.75) is 26.4 Å². The average molecular weight is 371 g/mol. The van der Waals surface area contributed by atoms with Gasteiger partial charge in [-0.15, -0.1) is 11.3 Å². The second kappa shape index (κ2) is 7.69. The van der Waals surface area contributed by atoms with Crippen LogP contribution in [0.4, 0.5) is 18.2 Å². The molecule has 0 saturated heterocycles. The van der Waals surface area contributed by atoms with Crippen molar-refractivity contribution < 1.29 is 27.5 Å². The van der Waals surface area contributed by atoms with Gasteiger partial charge in [-0.1, -0.05) is 31.2 Å². The van der Waals surface area contributed by atoms with E-state index in [4.69, 9.17) is 4.74 Å². The third-order valence-electron chi connectivity index (χ3n) is 3.43. The first-order valence-electron chi connectivity index (χ1n) is 7.54. The van der Waals surface area contributed by atoms with Gasteiger partial charge in [0.25, 0.3) is 0 Å². The number of esters is 1. The fourth-order valence-corrected chi connectivity index (χ4v) is 3.11. The number of carbonyl (C=O) groups excluding carboxylic acids is 2. The summed E-state index contributed by atoms with van der Waals surface area (Å²) in [6.45, 7) is 3.65. The second-order valence-corrected chi connectivity index (χ2v) is 5.96. The molecule has 134 valence electrons. The number of hydrogen-bond donors (Lipinski definition) is 1. The van der Waals surface area contributed by atoms with Gasteiger partial charge in [0.15, 0.2) is 0 Å². The van der Waals surface area contributed by atoms with Crippen LogP contribution in [0, 0.1) is 0 Å². The maximum atomic E-state index is 12.5. The topological polar surface area (TPSA) is 55.4 Å². The predicted molar refractivity (Wildman–Crippen MR) is 89.8 cm³/mol. The molecule has 2 aromatic rings. The van der Waals surface area contributed by atoms with Gasteiger partial charge in [-0.2, -0.15) is 13.2 Å². The van der Waals surface area contributed by atoms with Gasteiger partial charge in [0.1, 0.15) is 10.6 Å². The molecule has 0 atom stereocenters. The van der Waals surface area contributed by atoms with Crippen molar-refractivity contribution >= 4 is 28.2 Å². The number of alkyl halides is 3. The Morgan fingerprint density at radius 2 is 1.80 bits per heavy atom. The minimum atomic E-state index is -5.04. The van der Waals surface area contributed by atoms with Crippen molar-refractivity contribution in [1.29, 1.82) is 0 Å². The number of halogens is 3. The van der Waals surface area contributed by atoms with Gasteiger partial charge in [-0.25, -0.2) is 4.79 Å². The lowest BCUT2D eigenvalue weighted by Crippen LogP contribution is -2.30. The Labute approximate surface area is 146 Å². The number of nitrogens with one attached hydrogen (secondary N) is 1. The normalized spacial score (nSPS) is 11.2. The van der Waals surface area contributed by atoms with Crippen molar-refractivity contribution in [2.24, 2.45) is 0 Å². The molecule has 1 aromatic carbocycles. The third kappa shape index (κ3) is 4.39. The molecule has 0 fully saturated rings. The fraction of sp³-hybridized carbons (Fsp3) is 0.294. The van der Waals surface area contributed by atoms with Crippen LogP contribution in [0.1, 0.15) is 29.8 Å². The lowest BCUT2D eigenvalue weighted by molar-refractivity contribution is -0.167. The summed E-state index contributed by atoms with van der Waals surface area (Å²) in [4.78, 5) is 23.4. The summed E-state index contributed by atoms with van der Waals surface area (Å²) >= 11 is 0.847. The molecule has 0 aliphatic carbocycles. The Morgan fingerprint density at radius 1 is 1.16 bits per heavy atom. The van der Waals surface area contributed by atoms with E-state index in [1.165, 1.54) is 5.38 Å². The van der Waals surface area contributed by atoms with E-state index in [-0.39, 0.29) is 17.2 Å². The van der Waals surface area contributed by atoms with Gasteiger partial charge >= 0.3 is 18.1 Å². The summed E-state index contributed by atoms with van der Waals surface area (Å²) in [6, 6.07) is 7.30. The van der Waals surface area contributed by atoms with Crippen LogP contribution in [-0.2, 0) is 16.0 Å². The minimum Gasteiger partial charge on any atom is -0.462 e. The lowest BCUT2D eigenvalue weighted by Gasteiger charge is -2.10.